The molecule has 0 aliphatic rings. The lowest BCUT2D eigenvalue weighted by Crippen LogP contribution is -2.00. The van der Waals surface area contributed by atoms with E-state index in [2.05, 4.69) is 68.5 Å². The molecule has 0 aliphatic heterocycles. The van der Waals surface area contributed by atoms with Gasteiger partial charge in [0.25, 0.3) is 0 Å². The lowest BCUT2D eigenvalue weighted by atomic mass is 9.99. The van der Waals surface area contributed by atoms with E-state index in [9.17, 15) is 0 Å². The topological polar surface area (TPSA) is 103 Å². The molecule has 0 N–H and O–H groups in total. The van der Waals surface area contributed by atoms with E-state index >= 15 is 0 Å². The molecule has 0 bridgehead atoms. The van der Waals surface area contributed by atoms with E-state index in [0.29, 0.717) is 40.5 Å². The fraction of sp³-hybridized carbons (Fsp3) is 0. The number of benzene rings is 4. The van der Waals surface area contributed by atoms with Crippen LogP contribution in [0.3, 0.4) is 0 Å². The molecule has 8 nitrogen and oxygen atoms in total. The van der Waals surface area contributed by atoms with E-state index in [4.69, 9.17) is 19.9 Å². The van der Waals surface area contributed by atoms with Crippen molar-refractivity contribution in [1.29, 1.82) is 0 Å². The molecule has 0 aliphatic carbocycles. The van der Waals surface area contributed by atoms with Gasteiger partial charge in [-0.1, -0.05) is 109 Å². The molecule has 0 amide bonds. The molecule has 0 saturated heterocycles. The summed E-state index contributed by atoms with van der Waals surface area (Å²) in [5, 5.41) is 0. The summed E-state index contributed by atoms with van der Waals surface area (Å²) in [6.07, 6.45) is 6.84. The molecule has 0 atom stereocenters. The first kappa shape index (κ1) is 28.7. The van der Waals surface area contributed by atoms with Crippen molar-refractivity contribution < 1.29 is 0 Å². The van der Waals surface area contributed by atoms with Crippen LogP contribution >= 0.6 is 0 Å². The molecule has 4 heterocycles. The van der Waals surface area contributed by atoms with Gasteiger partial charge >= 0.3 is 0 Å². The second kappa shape index (κ2) is 12.9. The second-order valence-corrected chi connectivity index (χ2v) is 11.0. The minimum Gasteiger partial charge on any atom is -0.241 e. The van der Waals surface area contributed by atoms with Crippen LogP contribution in [0.2, 0.25) is 0 Å². The zero-order valence-corrected chi connectivity index (χ0v) is 25.6. The molecule has 4 aromatic carbocycles. The molecule has 0 unspecified atom stereocenters. The van der Waals surface area contributed by atoms with E-state index in [0.717, 1.165) is 38.9 Å². The van der Waals surface area contributed by atoms with Crippen molar-refractivity contribution in [3.05, 3.63) is 158 Å². The van der Waals surface area contributed by atoms with Crippen LogP contribution in [-0.2, 0) is 0 Å². The van der Waals surface area contributed by atoms with Gasteiger partial charge in [-0.15, -0.1) is 0 Å². The summed E-state index contributed by atoms with van der Waals surface area (Å²) in [7, 11) is 0. The van der Waals surface area contributed by atoms with Gasteiger partial charge in [0.1, 0.15) is 11.4 Å². The standard InChI is InChI=1S/C40H26N8/c1-3-9-30(10-4-1)36-46-37(31-11-5-2-6-12-31)48-38(47-36)32-19-17-28(18-20-32)27-13-15-29(16-14-27)33-25-34(39-41-21-7-22-42-39)45-35(26-33)40-43-23-8-24-44-40/h1-26H. The summed E-state index contributed by atoms with van der Waals surface area (Å²) in [4.78, 5) is 37.0. The molecule has 48 heavy (non-hydrogen) atoms. The summed E-state index contributed by atoms with van der Waals surface area (Å²) in [6.45, 7) is 0. The quantitative estimate of drug-likeness (QED) is 0.175. The highest BCUT2D eigenvalue weighted by Gasteiger charge is 2.14. The predicted octanol–water partition coefficient (Wildman–Crippen LogP) is 8.52. The molecule has 0 spiro atoms. The van der Waals surface area contributed by atoms with Crippen molar-refractivity contribution in [1.82, 2.24) is 39.9 Å². The lowest BCUT2D eigenvalue weighted by molar-refractivity contribution is 1.07. The van der Waals surface area contributed by atoms with E-state index in [1.54, 1.807) is 36.9 Å². The van der Waals surface area contributed by atoms with E-state index in [1.807, 2.05) is 72.8 Å². The van der Waals surface area contributed by atoms with Crippen LogP contribution in [0.25, 0.3) is 79.5 Å². The molecule has 0 fully saturated rings. The Kier molecular flexibility index (Phi) is 7.70. The molecule has 0 radical (unpaired) electrons. The highest BCUT2D eigenvalue weighted by molar-refractivity contribution is 5.76. The fourth-order valence-electron chi connectivity index (χ4n) is 5.39. The van der Waals surface area contributed by atoms with Gasteiger partial charge < -0.3 is 0 Å². The average Bonchev–Trinajstić information content (AvgIpc) is 3.19. The summed E-state index contributed by atoms with van der Waals surface area (Å²) in [6, 6.07) is 44.3. The van der Waals surface area contributed by atoms with Crippen molar-refractivity contribution in [2.75, 3.05) is 0 Å². The van der Waals surface area contributed by atoms with Gasteiger partial charge in [0, 0.05) is 41.5 Å². The Morgan fingerprint density at radius 3 is 0.979 bits per heavy atom. The second-order valence-electron chi connectivity index (χ2n) is 11.0. The smallest absolute Gasteiger partial charge is 0.178 e. The molecular weight excluding hydrogens is 592 g/mol. The molecule has 8 rings (SSSR count). The average molecular weight is 619 g/mol. The number of pyridine rings is 1. The van der Waals surface area contributed by atoms with Crippen LogP contribution in [0.4, 0.5) is 0 Å². The monoisotopic (exact) mass is 618 g/mol. The first-order valence-electron chi connectivity index (χ1n) is 15.4. The molecule has 4 aromatic heterocycles. The summed E-state index contributed by atoms with van der Waals surface area (Å²) in [5.41, 5.74) is 8.26. The highest BCUT2D eigenvalue weighted by atomic mass is 15.0. The maximum atomic E-state index is 4.86. The maximum absolute atomic E-state index is 4.86. The van der Waals surface area contributed by atoms with Gasteiger partial charge in [-0.05, 0) is 46.5 Å². The minimum absolute atomic E-state index is 0.540. The Labute approximate surface area is 277 Å². The first-order chi connectivity index (χ1) is 23.8. The van der Waals surface area contributed by atoms with Crippen molar-refractivity contribution >= 4 is 0 Å². The van der Waals surface area contributed by atoms with Crippen molar-refractivity contribution in [3.63, 3.8) is 0 Å². The molecule has 8 heteroatoms. The fourth-order valence-corrected chi connectivity index (χ4v) is 5.39. The Morgan fingerprint density at radius 1 is 0.250 bits per heavy atom. The van der Waals surface area contributed by atoms with Crippen LogP contribution in [0.5, 0.6) is 0 Å². The van der Waals surface area contributed by atoms with Crippen LogP contribution in [-0.4, -0.2) is 39.9 Å². The van der Waals surface area contributed by atoms with E-state index in [-0.39, 0.29) is 0 Å². The van der Waals surface area contributed by atoms with Crippen molar-refractivity contribution in [2.24, 2.45) is 0 Å². The van der Waals surface area contributed by atoms with E-state index in [1.165, 1.54) is 0 Å². The Hall–Kier alpha value is -6.80. The summed E-state index contributed by atoms with van der Waals surface area (Å²) in [5.74, 6) is 2.98. The summed E-state index contributed by atoms with van der Waals surface area (Å²) < 4.78 is 0. The zero-order chi connectivity index (χ0) is 32.1. The van der Waals surface area contributed by atoms with E-state index < -0.39 is 0 Å². The zero-order valence-electron chi connectivity index (χ0n) is 25.6. The molecule has 226 valence electrons. The largest absolute Gasteiger partial charge is 0.241 e. The third-order valence-electron chi connectivity index (χ3n) is 7.81. The third-order valence-corrected chi connectivity index (χ3v) is 7.81. The van der Waals surface area contributed by atoms with Gasteiger partial charge in [0.15, 0.2) is 29.1 Å². The van der Waals surface area contributed by atoms with Crippen molar-refractivity contribution in [2.45, 2.75) is 0 Å². The first-order valence-corrected chi connectivity index (χ1v) is 15.4. The predicted molar refractivity (Wildman–Crippen MR) is 187 cm³/mol. The lowest BCUT2D eigenvalue weighted by Gasteiger charge is -2.10. The summed E-state index contributed by atoms with van der Waals surface area (Å²) >= 11 is 0. The number of hydrogen-bond acceptors (Lipinski definition) is 8. The SMILES string of the molecule is c1ccc(-c2nc(-c3ccccc3)nc(-c3ccc(-c4ccc(-c5cc(-c6ncccn6)nc(-c6ncccn6)c5)cc4)cc3)n2)cc1. The van der Waals surface area contributed by atoms with Gasteiger partial charge in [-0.25, -0.2) is 39.9 Å². The maximum Gasteiger partial charge on any atom is 0.178 e. The highest BCUT2D eigenvalue weighted by Crippen LogP contribution is 2.31. The van der Waals surface area contributed by atoms with Crippen LogP contribution in [0, 0.1) is 0 Å². The minimum atomic E-state index is 0.540. The number of nitrogens with zero attached hydrogens (tertiary/aromatic N) is 8. The van der Waals surface area contributed by atoms with Crippen molar-refractivity contribution in [3.8, 4) is 79.5 Å². The molecular formula is C40H26N8. The normalized spacial score (nSPS) is 10.9. The van der Waals surface area contributed by atoms with Crippen LogP contribution in [0.1, 0.15) is 0 Å². The Balaban J connectivity index is 1.11. The van der Waals surface area contributed by atoms with Gasteiger partial charge in [0.2, 0.25) is 0 Å². The van der Waals surface area contributed by atoms with Crippen LogP contribution in [0.15, 0.2) is 158 Å². The Bertz CT molecular complexity index is 2010. The van der Waals surface area contributed by atoms with Crippen LogP contribution < -0.4 is 0 Å². The number of aromatic nitrogens is 8. The number of rotatable bonds is 7. The Morgan fingerprint density at radius 2 is 0.583 bits per heavy atom. The molecule has 0 saturated carbocycles. The van der Waals surface area contributed by atoms with Gasteiger partial charge in [-0.3, -0.25) is 0 Å². The third kappa shape index (κ3) is 6.05. The van der Waals surface area contributed by atoms with Gasteiger partial charge in [0.05, 0.1) is 0 Å². The number of hydrogen-bond donors (Lipinski definition) is 0. The van der Waals surface area contributed by atoms with Gasteiger partial charge in [-0.2, -0.15) is 0 Å². The molecule has 8 aromatic rings.